The smallest absolute Gasteiger partial charge is 0.00122 e. The summed E-state index contributed by atoms with van der Waals surface area (Å²) in [5, 5.41) is 0. The van der Waals surface area contributed by atoms with Crippen molar-refractivity contribution in [2.75, 3.05) is 33.0 Å². The average Bonchev–Trinajstić information content (AvgIpc) is 1.87. The molecule has 0 aromatic carbocycles. The predicted molar refractivity (Wildman–Crippen MR) is 51.5 cm³/mol. The Kier molecular flexibility index (Phi) is 7.79. The maximum atomic E-state index is 2.26. The zero-order chi connectivity index (χ0) is 7.82. The van der Waals surface area contributed by atoms with Crippen LogP contribution in [0.4, 0.5) is 0 Å². The van der Waals surface area contributed by atoms with Crippen LogP contribution in [0.15, 0.2) is 0 Å². The number of nitrogens with zero attached hydrogens (tertiary/aromatic N) is 1. The Hall–Kier alpha value is 0.390. The van der Waals surface area contributed by atoms with Gasteiger partial charge in [0, 0.05) is 6.54 Å². The van der Waals surface area contributed by atoms with Crippen molar-refractivity contribution in [3.05, 3.63) is 0 Å². The van der Waals surface area contributed by atoms with E-state index in [9.17, 15) is 0 Å². The standard InChI is InChI=1S/C8H20NP/c1-4-5-7-10-8-6-9(2)3/h10H,4-8H2,1-3H3. The molecule has 0 aliphatic carbocycles. The minimum absolute atomic E-state index is 1.19. The number of unbranched alkanes of at least 4 members (excludes halogenated alkanes) is 1. The predicted octanol–water partition coefficient (Wildman–Crippen LogP) is 2.03. The highest BCUT2D eigenvalue weighted by molar-refractivity contribution is 7.37. The zero-order valence-electron chi connectivity index (χ0n) is 7.48. The van der Waals surface area contributed by atoms with Crippen molar-refractivity contribution in [2.45, 2.75) is 19.8 Å². The SMILES string of the molecule is CCCCPCCN(C)C. The lowest BCUT2D eigenvalue weighted by Crippen LogP contribution is -2.14. The summed E-state index contributed by atoms with van der Waals surface area (Å²) in [7, 11) is 5.48. The normalized spacial score (nSPS) is 12.0. The molecule has 0 amide bonds. The third-order valence-corrected chi connectivity index (χ3v) is 2.73. The highest BCUT2D eigenvalue weighted by Gasteiger charge is 1.89. The first kappa shape index (κ1) is 10.4. The first-order valence-corrected chi connectivity index (χ1v) is 5.54. The lowest BCUT2D eigenvalue weighted by Gasteiger charge is -2.08. The van der Waals surface area contributed by atoms with Crippen LogP contribution in [-0.4, -0.2) is 37.9 Å². The Morgan fingerprint density at radius 3 is 2.40 bits per heavy atom. The van der Waals surface area contributed by atoms with E-state index in [2.05, 4.69) is 25.9 Å². The van der Waals surface area contributed by atoms with Gasteiger partial charge in [0.05, 0.1) is 0 Å². The van der Waals surface area contributed by atoms with Gasteiger partial charge in [-0.25, -0.2) is 0 Å². The van der Waals surface area contributed by atoms with E-state index in [1.54, 1.807) is 0 Å². The Morgan fingerprint density at radius 1 is 1.20 bits per heavy atom. The van der Waals surface area contributed by atoms with E-state index in [-0.39, 0.29) is 0 Å². The van der Waals surface area contributed by atoms with E-state index < -0.39 is 0 Å². The molecular formula is C8H20NP. The molecule has 0 aliphatic heterocycles. The van der Waals surface area contributed by atoms with Crippen molar-refractivity contribution in [1.29, 1.82) is 0 Å². The molecule has 1 atom stereocenters. The zero-order valence-corrected chi connectivity index (χ0v) is 8.48. The third kappa shape index (κ3) is 8.39. The van der Waals surface area contributed by atoms with Crippen LogP contribution in [0.5, 0.6) is 0 Å². The largest absolute Gasteiger partial charge is 0.309 e. The van der Waals surface area contributed by atoms with Crippen LogP contribution in [0.3, 0.4) is 0 Å². The maximum Gasteiger partial charge on any atom is 0.00122 e. The second-order valence-electron chi connectivity index (χ2n) is 2.91. The molecule has 0 aromatic rings. The molecule has 0 saturated heterocycles. The number of hydrogen-bond acceptors (Lipinski definition) is 1. The molecule has 0 spiro atoms. The average molecular weight is 161 g/mol. The second kappa shape index (κ2) is 7.50. The summed E-state index contributed by atoms with van der Waals surface area (Å²) < 4.78 is 0. The van der Waals surface area contributed by atoms with Crippen molar-refractivity contribution in [3.63, 3.8) is 0 Å². The summed E-state index contributed by atoms with van der Waals surface area (Å²) in [4.78, 5) is 2.26. The lowest BCUT2D eigenvalue weighted by molar-refractivity contribution is 0.437. The Bertz CT molecular complexity index is 64.3. The molecule has 2 heteroatoms. The van der Waals surface area contributed by atoms with Gasteiger partial charge in [0.15, 0.2) is 0 Å². The molecular weight excluding hydrogens is 141 g/mol. The molecule has 0 aromatic heterocycles. The van der Waals surface area contributed by atoms with Crippen LogP contribution in [0.25, 0.3) is 0 Å². The molecule has 0 bridgehead atoms. The lowest BCUT2D eigenvalue weighted by atomic mass is 10.4. The Morgan fingerprint density at radius 2 is 1.90 bits per heavy atom. The maximum absolute atomic E-state index is 2.26. The molecule has 0 fully saturated rings. The van der Waals surface area contributed by atoms with Crippen molar-refractivity contribution < 1.29 is 0 Å². The monoisotopic (exact) mass is 161 g/mol. The molecule has 1 unspecified atom stereocenters. The van der Waals surface area contributed by atoms with E-state index in [4.69, 9.17) is 0 Å². The van der Waals surface area contributed by atoms with E-state index in [0.717, 1.165) is 0 Å². The highest BCUT2D eigenvalue weighted by Crippen LogP contribution is 2.11. The summed E-state index contributed by atoms with van der Waals surface area (Å²) in [6, 6.07) is 0. The molecule has 0 radical (unpaired) electrons. The molecule has 10 heavy (non-hydrogen) atoms. The molecule has 0 heterocycles. The fraction of sp³-hybridized carbons (Fsp3) is 1.00. The Balaban J connectivity index is 2.77. The van der Waals surface area contributed by atoms with E-state index in [1.807, 2.05) is 0 Å². The van der Waals surface area contributed by atoms with E-state index in [0.29, 0.717) is 0 Å². The van der Waals surface area contributed by atoms with Gasteiger partial charge in [-0.3, -0.25) is 0 Å². The molecule has 0 aliphatic rings. The van der Waals surface area contributed by atoms with Crippen LogP contribution in [-0.2, 0) is 0 Å². The first-order chi connectivity index (χ1) is 4.77. The molecule has 62 valence electrons. The molecule has 0 N–H and O–H groups in total. The topological polar surface area (TPSA) is 3.24 Å². The molecule has 0 rings (SSSR count). The van der Waals surface area contributed by atoms with Crippen molar-refractivity contribution in [3.8, 4) is 0 Å². The van der Waals surface area contributed by atoms with Crippen molar-refractivity contribution >= 4 is 8.58 Å². The van der Waals surface area contributed by atoms with Crippen LogP contribution in [0, 0.1) is 0 Å². The van der Waals surface area contributed by atoms with E-state index in [1.165, 1.54) is 40.3 Å². The molecule has 0 saturated carbocycles. The van der Waals surface area contributed by atoms with Gasteiger partial charge in [-0.2, -0.15) is 0 Å². The van der Waals surface area contributed by atoms with Crippen LogP contribution in [0.1, 0.15) is 19.8 Å². The molecule has 1 nitrogen and oxygen atoms in total. The summed E-state index contributed by atoms with van der Waals surface area (Å²) in [5.74, 6) is 0. The third-order valence-electron chi connectivity index (χ3n) is 1.44. The van der Waals surface area contributed by atoms with Gasteiger partial charge in [-0.1, -0.05) is 13.3 Å². The summed E-state index contributed by atoms with van der Waals surface area (Å²) >= 11 is 0. The van der Waals surface area contributed by atoms with Crippen LogP contribution >= 0.6 is 8.58 Å². The summed E-state index contributed by atoms with van der Waals surface area (Å²) in [6.45, 7) is 3.53. The van der Waals surface area contributed by atoms with Gasteiger partial charge < -0.3 is 4.90 Å². The minimum Gasteiger partial charge on any atom is -0.309 e. The van der Waals surface area contributed by atoms with Crippen LogP contribution < -0.4 is 0 Å². The van der Waals surface area contributed by atoms with Gasteiger partial charge >= 0.3 is 0 Å². The van der Waals surface area contributed by atoms with Gasteiger partial charge in [0.25, 0.3) is 0 Å². The van der Waals surface area contributed by atoms with Crippen molar-refractivity contribution in [1.82, 2.24) is 4.90 Å². The fourth-order valence-electron chi connectivity index (χ4n) is 0.729. The quantitative estimate of drug-likeness (QED) is 0.425. The summed E-state index contributed by atoms with van der Waals surface area (Å²) in [5.41, 5.74) is 0. The van der Waals surface area contributed by atoms with Gasteiger partial charge in [-0.05, 0) is 32.8 Å². The fourth-order valence-corrected chi connectivity index (χ4v) is 2.19. The van der Waals surface area contributed by atoms with E-state index >= 15 is 0 Å². The van der Waals surface area contributed by atoms with Gasteiger partial charge in [0.2, 0.25) is 0 Å². The second-order valence-corrected chi connectivity index (χ2v) is 4.41. The minimum atomic E-state index is 1.19. The highest BCUT2D eigenvalue weighted by atomic mass is 31.1. The number of hydrogen-bond donors (Lipinski definition) is 0. The summed E-state index contributed by atoms with van der Waals surface area (Å²) in [6.07, 6.45) is 5.62. The van der Waals surface area contributed by atoms with Crippen molar-refractivity contribution in [2.24, 2.45) is 0 Å². The van der Waals surface area contributed by atoms with Crippen LogP contribution in [0.2, 0.25) is 0 Å². The Labute approximate surface area is 67.0 Å². The first-order valence-electron chi connectivity index (χ1n) is 4.12. The van der Waals surface area contributed by atoms with Gasteiger partial charge in [0.1, 0.15) is 0 Å². The number of rotatable bonds is 6. The van der Waals surface area contributed by atoms with Gasteiger partial charge in [-0.15, -0.1) is 8.58 Å².